The van der Waals surface area contributed by atoms with Gasteiger partial charge in [0, 0.05) is 45.5 Å². The SMILES string of the molecule is O=C1Nc2cc(CN3CCN(c4ncncn4)CC3)cnc2N2CCC[C@@H]12. The Balaban J connectivity index is 1.25. The van der Waals surface area contributed by atoms with Crippen LogP contribution < -0.4 is 15.1 Å². The number of rotatable bonds is 3. The Hall–Kier alpha value is -2.81. The highest BCUT2D eigenvalue weighted by molar-refractivity contribution is 6.03. The van der Waals surface area contributed by atoms with E-state index in [1.165, 1.54) is 12.7 Å². The molecular weight excluding hydrogens is 344 g/mol. The lowest BCUT2D eigenvalue weighted by Crippen LogP contribution is -2.46. The Morgan fingerprint density at radius 2 is 1.89 bits per heavy atom. The number of nitrogens with zero attached hydrogens (tertiary/aromatic N) is 7. The number of amides is 1. The first kappa shape index (κ1) is 16.4. The second kappa shape index (κ2) is 6.73. The molecule has 0 aromatic carbocycles. The van der Waals surface area contributed by atoms with E-state index in [0.717, 1.165) is 75.1 Å². The minimum atomic E-state index is -0.0423. The van der Waals surface area contributed by atoms with Gasteiger partial charge in [0.15, 0.2) is 5.82 Å². The largest absolute Gasteiger partial charge is 0.343 e. The molecule has 0 spiro atoms. The summed E-state index contributed by atoms with van der Waals surface area (Å²) < 4.78 is 0. The van der Waals surface area contributed by atoms with Crippen LogP contribution in [0.25, 0.3) is 0 Å². The van der Waals surface area contributed by atoms with Crippen molar-refractivity contribution in [2.45, 2.75) is 25.4 Å². The van der Waals surface area contributed by atoms with Crippen molar-refractivity contribution in [3.8, 4) is 0 Å². The number of pyridine rings is 1. The van der Waals surface area contributed by atoms with Crippen LogP contribution in [0.1, 0.15) is 18.4 Å². The highest BCUT2D eigenvalue weighted by Crippen LogP contribution is 2.35. The van der Waals surface area contributed by atoms with Crippen molar-refractivity contribution in [3.05, 3.63) is 30.5 Å². The maximum Gasteiger partial charge on any atom is 0.247 e. The quantitative estimate of drug-likeness (QED) is 0.840. The van der Waals surface area contributed by atoms with Gasteiger partial charge in [0.1, 0.15) is 18.7 Å². The summed E-state index contributed by atoms with van der Waals surface area (Å²) in [5, 5.41) is 3.05. The molecule has 0 aliphatic carbocycles. The Morgan fingerprint density at radius 3 is 2.70 bits per heavy atom. The molecule has 1 N–H and O–H groups in total. The molecule has 1 atom stereocenters. The molecule has 0 unspecified atom stereocenters. The summed E-state index contributed by atoms with van der Waals surface area (Å²) in [6.45, 7) is 5.37. The molecule has 0 saturated carbocycles. The minimum absolute atomic E-state index is 0.0423. The van der Waals surface area contributed by atoms with E-state index in [4.69, 9.17) is 0 Å². The number of hydrogen-bond donors (Lipinski definition) is 1. The van der Waals surface area contributed by atoms with Crippen LogP contribution in [0.2, 0.25) is 0 Å². The predicted octanol–water partition coefficient (Wildman–Crippen LogP) is 0.510. The first-order chi connectivity index (χ1) is 13.3. The topological polar surface area (TPSA) is 90.4 Å². The molecule has 2 aromatic rings. The van der Waals surface area contributed by atoms with Crippen molar-refractivity contribution in [2.75, 3.05) is 47.8 Å². The molecular formula is C18H22N8O. The second-order valence-corrected chi connectivity index (χ2v) is 7.26. The second-order valence-electron chi connectivity index (χ2n) is 7.26. The molecule has 1 amide bonds. The van der Waals surface area contributed by atoms with E-state index in [0.29, 0.717) is 0 Å². The van der Waals surface area contributed by atoms with Gasteiger partial charge in [-0.15, -0.1) is 0 Å². The molecule has 2 aromatic heterocycles. The van der Waals surface area contributed by atoms with Crippen molar-refractivity contribution in [1.82, 2.24) is 24.8 Å². The summed E-state index contributed by atoms with van der Waals surface area (Å²) in [4.78, 5) is 36.0. The van der Waals surface area contributed by atoms with Gasteiger partial charge >= 0.3 is 0 Å². The van der Waals surface area contributed by atoms with Gasteiger partial charge in [-0.25, -0.2) is 19.9 Å². The van der Waals surface area contributed by atoms with Crippen molar-refractivity contribution >= 4 is 23.4 Å². The molecule has 3 aliphatic heterocycles. The lowest BCUT2D eigenvalue weighted by atomic mass is 10.1. The summed E-state index contributed by atoms with van der Waals surface area (Å²) in [5.41, 5.74) is 1.97. The number of piperazine rings is 1. The number of anilines is 3. The lowest BCUT2D eigenvalue weighted by Gasteiger charge is -2.35. The van der Waals surface area contributed by atoms with Crippen LogP contribution >= 0.6 is 0 Å². The van der Waals surface area contributed by atoms with Gasteiger partial charge in [-0.05, 0) is 24.5 Å². The first-order valence-electron chi connectivity index (χ1n) is 9.44. The van der Waals surface area contributed by atoms with Crippen molar-refractivity contribution in [2.24, 2.45) is 0 Å². The van der Waals surface area contributed by atoms with E-state index < -0.39 is 0 Å². The van der Waals surface area contributed by atoms with Gasteiger partial charge in [-0.2, -0.15) is 0 Å². The average Bonchev–Trinajstić information content (AvgIpc) is 3.20. The Kier molecular flexibility index (Phi) is 4.08. The monoisotopic (exact) mass is 366 g/mol. The van der Waals surface area contributed by atoms with Gasteiger partial charge in [-0.1, -0.05) is 0 Å². The van der Waals surface area contributed by atoms with Crippen LogP contribution in [-0.2, 0) is 11.3 Å². The van der Waals surface area contributed by atoms with Gasteiger partial charge in [0.25, 0.3) is 0 Å². The Bertz CT molecular complexity index is 837. The zero-order valence-electron chi connectivity index (χ0n) is 15.1. The normalized spacial score (nSPS) is 22.4. The molecule has 9 heteroatoms. The molecule has 3 aliphatic rings. The number of carbonyl (C=O) groups excluding carboxylic acids is 1. The van der Waals surface area contributed by atoms with Crippen molar-refractivity contribution in [3.63, 3.8) is 0 Å². The number of aromatic nitrogens is 4. The van der Waals surface area contributed by atoms with Crippen LogP contribution in [-0.4, -0.2) is 69.5 Å². The summed E-state index contributed by atoms with van der Waals surface area (Å²) in [6, 6.07) is 2.03. The number of nitrogens with one attached hydrogen (secondary N) is 1. The standard InChI is InChI=1S/C18H22N8O/c27-17-15-2-1-3-26(15)16-14(23-17)8-13(9-20-16)10-24-4-6-25(7-5-24)18-21-11-19-12-22-18/h8-9,11-12,15H,1-7,10H2,(H,23,27)/t15-/m0/s1. The maximum atomic E-state index is 12.3. The van der Waals surface area contributed by atoms with Crippen LogP contribution in [0.15, 0.2) is 24.9 Å². The third-order valence-corrected chi connectivity index (χ3v) is 5.55. The molecule has 5 heterocycles. The maximum absolute atomic E-state index is 12.3. The van der Waals surface area contributed by atoms with E-state index in [1.54, 1.807) is 0 Å². The molecule has 2 fully saturated rings. The van der Waals surface area contributed by atoms with Crippen molar-refractivity contribution in [1.29, 1.82) is 0 Å². The molecule has 27 heavy (non-hydrogen) atoms. The third-order valence-electron chi connectivity index (χ3n) is 5.55. The van der Waals surface area contributed by atoms with Gasteiger partial charge in [-0.3, -0.25) is 9.69 Å². The molecule has 9 nitrogen and oxygen atoms in total. The van der Waals surface area contributed by atoms with Crippen LogP contribution in [0.3, 0.4) is 0 Å². The van der Waals surface area contributed by atoms with E-state index in [9.17, 15) is 4.79 Å². The lowest BCUT2D eigenvalue weighted by molar-refractivity contribution is -0.117. The predicted molar refractivity (Wildman–Crippen MR) is 101 cm³/mol. The van der Waals surface area contributed by atoms with Gasteiger partial charge in [0.2, 0.25) is 11.9 Å². The smallest absolute Gasteiger partial charge is 0.247 e. The van der Waals surface area contributed by atoms with Gasteiger partial charge in [0.05, 0.1) is 5.69 Å². The summed E-state index contributed by atoms with van der Waals surface area (Å²) >= 11 is 0. The third kappa shape index (κ3) is 3.08. The Labute approximate surface area is 157 Å². The molecule has 140 valence electrons. The van der Waals surface area contributed by atoms with E-state index in [2.05, 4.69) is 46.0 Å². The summed E-state index contributed by atoms with van der Waals surface area (Å²) in [5.74, 6) is 1.76. The summed E-state index contributed by atoms with van der Waals surface area (Å²) in [6.07, 6.45) is 6.98. The minimum Gasteiger partial charge on any atom is -0.343 e. The van der Waals surface area contributed by atoms with E-state index in [1.807, 2.05) is 6.20 Å². The number of fused-ring (bicyclic) bond motifs is 3. The zero-order valence-corrected chi connectivity index (χ0v) is 15.1. The summed E-state index contributed by atoms with van der Waals surface area (Å²) in [7, 11) is 0. The molecule has 5 rings (SSSR count). The molecule has 2 saturated heterocycles. The van der Waals surface area contributed by atoms with E-state index in [-0.39, 0.29) is 11.9 Å². The fourth-order valence-electron chi connectivity index (χ4n) is 4.18. The van der Waals surface area contributed by atoms with Crippen LogP contribution in [0, 0.1) is 0 Å². The number of hydrogen-bond acceptors (Lipinski definition) is 8. The first-order valence-corrected chi connectivity index (χ1v) is 9.44. The zero-order chi connectivity index (χ0) is 18.2. The highest BCUT2D eigenvalue weighted by Gasteiger charge is 2.37. The fraction of sp³-hybridized carbons (Fsp3) is 0.500. The van der Waals surface area contributed by atoms with E-state index >= 15 is 0 Å². The average molecular weight is 366 g/mol. The van der Waals surface area contributed by atoms with Crippen LogP contribution in [0.4, 0.5) is 17.5 Å². The van der Waals surface area contributed by atoms with Gasteiger partial charge < -0.3 is 15.1 Å². The highest BCUT2D eigenvalue weighted by atomic mass is 16.2. The van der Waals surface area contributed by atoms with Crippen LogP contribution in [0.5, 0.6) is 0 Å². The number of carbonyl (C=O) groups is 1. The van der Waals surface area contributed by atoms with Crippen molar-refractivity contribution < 1.29 is 4.79 Å². The Morgan fingerprint density at radius 1 is 1.07 bits per heavy atom. The fourth-order valence-corrected chi connectivity index (χ4v) is 4.18. The molecule has 0 bridgehead atoms. The molecule has 0 radical (unpaired) electrons.